The average molecular weight is 316 g/mol. The van der Waals surface area contributed by atoms with Crippen molar-refractivity contribution < 1.29 is 19.1 Å². The molecule has 6 heteroatoms. The van der Waals surface area contributed by atoms with Crippen molar-refractivity contribution in [2.75, 3.05) is 20.2 Å². The van der Waals surface area contributed by atoms with Gasteiger partial charge in [0.25, 0.3) is 0 Å². The molecule has 1 unspecified atom stereocenters. The number of ether oxygens (including phenoxy) is 2. The second kappa shape index (κ2) is 7.63. The summed E-state index contributed by atoms with van der Waals surface area (Å²) in [6.45, 7) is 0.846. The van der Waals surface area contributed by atoms with E-state index in [1.165, 1.54) is 12.0 Å². The van der Waals surface area contributed by atoms with Gasteiger partial charge in [-0.25, -0.2) is 4.79 Å². The van der Waals surface area contributed by atoms with Crippen LogP contribution in [0.15, 0.2) is 30.3 Å². The Labute approximate surface area is 135 Å². The Kier molecular flexibility index (Phi) is 5.58. The highest BCUT2D eigenvalue weighted by Crippen LogP contribution is 2.34. The van der Waals surface area contributed by atoms with Gasteiger partial charge in [-0.1, -0.05) is 30.3 Å². The Morgan fingerprint density at radius 3 is 2.74 bits per heavy atom. The Morgan fingerprint density at radius 2 is 2.09 bits per heavy atom. The Morgan fingerprint density at radius 1 is 1.35 bits per heavy atom. The molecular formula is C17H20N2O4. The zero-order valence-electron chi connectivity index (χ0n) is 13.2. The van der Waals surface area contributed by atoms with Crippen LogP contribution in [-0.4, -0.2) is 37.2 Å². The number of hydrogen-bond donors (Lipinski definition) is 0. The van der Waals surface area contributed by atoms with Crippen LogP contribution in [0.25, 0.3) is 0 Å². The van der Waals surface area contributed by atoms with Crippen molar-refractivity contribution >= 4 is 12.1 Å². The Balaban J connectivity index is 2.00. The van der Waals surface area contributed by atoms with Gasteiger partial charge in [0.2, 0.25) is 0 Å². The summed E-state index contributed by atoms with van der Waals surface area (Å²) < 4.78 is 10.1. The molecule has 0 N–H and O–H groups in total. The number of piperidine rings is 1. The first-order valence-corrected chi connectivity index (χ1v) is 7.52. The topological polar surface area (TPSA) is 79.6 Å². The maximum absolute atomic E-state index is 12.2. The predicted octanol–water partition coefficient (Wildman–Crippen LogP) is 2.49. The summed E-state index contributed by atoms with van der Waals surface area (Å²) in [6.07, 6.45) is 0.731. The molecule has 1 aliphatic heterocycles. The van der Waals surface area contributed by atoms with Gasteiger partial charge < -0.3 is 14.4 Å². The molecule has 1 aromatic carbocycles. The summed E-state index contributed by atoms with van der Waals surface area (Å²) in [4.78, 5) is 25.8. The van der Waals surface area contributed by atoms with Crippen molar-refractivity contribution in [1.82, 2.24) is 4.90 Å². The van der Waals surface area contributed by atoms with Crippen LogP contribution in [0.2, 0.25) is 0 Å². The standard InChI is InChI=1S/C17H20N2O4/c1-22-15(20)17(9-10-18)8-5-11-19(13-17)16(21)23-12-14-6-3-2-4-7-14/h2-4,6-7H,5,8-9,11-13H2,1H3. The van der Waals surface area contributed by atoms with Crippen molar-refractivity contribution in [3.05, 3.63) is 35.9 Å². The highest BCUT2D eigenvalue weighted by Gasteiger charge is 2.44. The van der Waals surface area contributed by atoms with Crippen LogP contribution in [0, 0.1) is 16.7 Å². The van der Waals surface area contributed by atoms with E-state index in [1.54, 1.807) is 0 Å². The van der Waals surface area contributed by atoms with Crippen molar-refractivity contribution in [1.29, 1.82) is 5.26 Å². The Bertz CT molecular complexity index is 596. The second-order valence-corrected chi connectivity index (χ2v) is 5.67. The number of nitrogens with zero attached hydrogens (tertiary/aromatic N) is 2. The molecule has 0 radical (unpaired) electrons. The summed E-state index contributed by atoms with van der Waals surface area (Å²) in [6, 6.07) is 11.4. The van der Waals surface area contributed by atoms with E-state index >= 15 is 0 Å². The fourth-order valence-electron chi connectivity index (χ4n) is 2.85. The molecule has 0 bridgehead atoms. The summed E-state index contributed by atoms with van der Waals surface area (Å²) in [5, 5.41) is 9.01. The van der Waals surface area contributed by atoms with Crippen LogP contribution in [0.5, 0.6) is 0 Å². The highest BCUT2D eigenvalue weighted by molar-refractivity contribution is 5.79. The van der Waals surface area contributed by atoms with Crippen molar-refractivity contribution in [2.45, 2.75) is 25.9 Å². The number of carbonyl (C=O) groups is 2. The minimum Gasteiger partial charge on any atom is -0.469 e. The van der Waals surface area contributed by atoms with E-state index in [0.717, 1.165) is 5.56 Å². The quantitative estimate of drug-likeness (QED) is 0.797. The fourth-order valence-corrected chi connectivity index (χ4v) is 2.85. The van der Waals surface area contributed by atoms with E-state index < -0.39 is 17.5 Å². The molecular weight excluding hydrogens is 296 g/mol. The molecule has 6 nitrogen and oxygen atoms in total. The van der Waals surface area contributed by atoms with E-state index in [2.05, 4.69) is 0 Å². The van der Waals surface area contributed by atoms with Gasteiger partial charge in [-0.15, -0.1) is 0 Å². The zero-order valence-corrected chi connectivity index (χ0v) is 13.2. The van der Waals surface area contributed by atoms with Crippen LogP contribution in [0.1, 0.15) is 24.8 Å². The van der Waals surface area contributed by atoms with Crippen LogP contribution in [0.3, 0.4) is 0 Å². The summed E-state index contributed by atoms with van der Waals surface area (Å²) in [5.74, 6) is -0.445. The lowest BCUT2D eigenvalue weighted by Crippen LogP contribution is -2.50. The SMILES string of the molecule is COC(=O)C1(CC#N)CCCN(C(=O)OCc2ccccc2)C1. The third-order valence-corrected chi connectivity index (χ3v) is 4.08. The number of hydrogen-bond acceptors (Lipinski definition) is 5. The Hall–Kier alpha value is -2.55. The number of amides is 1. The van der Waals surface area contributed by atoms with Gasteiger partial charge >= 0.3 is 12.1 Å². The van der Waals surface area contributed by atoms with Crippen LogP contribution in [0.4, 0.5) is 4.79 Å². The molecule has 1 saturated heterocycles. The largest absolute Gasteiger partial charge is 0.469 e. The predicted molar refractivity (Wildman–Crippen MR) is 82.1 cm³/mol. The second-order valence-electron chi connectivity index (χ2n) is 5.67. The first kappa shape index (κ1) is 16.8. The lowest BCUT2D eigenvalue weighted by atomic mass is 9.77. The van der Waals surface area contributed by atoms with Gasteiger partial charge in [0, 0.05) is 13.1 Å². The van der Waals surface area contributed by atoms with Gasteiger partial charge in [0.05, 0.1) is 25.0 Å². The van der Waals surface area contributed by atoms with Crippen molar-refractivity contribution in [3.8, 4) is 6.07 Å². The third-order valence-electron chi connectivity index (χ3n) is 4.08. The van der Waals surface area contributed by atoms with E-state index in [-0.39, 0.29) is 19.6 Å². The number of carbonyl (C=O) groups excluding carboxylic acids is 2. The molecule has 0 spiro atoms. The smallest absolute Gasteiger partial charge is 0.410 e. The van der Waals surface area contributed by atoms with Crippen molar-refractivity contribution in [2.24, 2.45) is 5.41 Å². The zero-order chi connectivity index (χ0) is 16.7. The molecule has 1 amide bonds. The molecule has 0 aliphatic carbocycles. The first-order valence-electron chi connectivity index (χ1n) is 7.52. The minimum atomic E-state index is -0.951. The molecule has 1 aromatic rings. The maximum Gasteiger partial charge on any atom is 0.410 e. The monoisotopic (exact) mass is 316 g/mol. The number of rotatable bonds is 4. The minimum absolute atomic E-state index is 0.0299. The number of methoxy groups -OCH3 is 1. The average Bonchev–Trinajstić information content (AvgIpc) is 2.60. The number of likely N-dealkylation sites (tertiary alicyclic amines) is 1. The number of esters is 1. The highest BCUT2D eigenvalue weighted by atomic mass is 16.6. The van der Waals surface area contributed by atoms with Gasteiger partial charge in [0.1, 0.15) is 6.61 Å². The molecule has 2 rings (SSSR count). The van der Waals surface area contributed by atoms with E-state index in [0.29, 0.717) is 19.4 Å². The van der Waals surface area contributed by atoms with Crippen LogP contribution < -0.4 is 0 Å². The van der Waals surface area contributed by atoms with Gasteiger partial charge in [-0.05, 0) is 18.4 Å². The molecule has 122 valence electrons. The summed E-state index contributed by atoms with van der Waals surface area (Å²) >= 11 is 0. The first-order chi connectivity index (χ1) is 11.1. The third kappa shape index (κ3) is 4.01. The van der Waals surface area contributed by atoms with Crippen LogP contribution in [-0.2, 0) is 20.9 Å². The fraction of sp³-hybridized carbons (Fsp3) is 0.471. The molecule has 1 aliphatic rings. The summed E-state index contributed by atoms with van der Waals surface area (Å²) in [5.41, 5.74) is -0.0535. The number of benzene rings is 1. The van der Waals surface area contributed by atoms with Gasteiger partial charge in [0.15, 0.2) is 0 Å². The van der Waals surface area contributed by atoms with Gasteiger partial charge in [-0.3, -0.25) is 4.79 Å². The normalized spacial score (nSPS) is 20.4. The molecule has 1 atom stereocenters. The molecule has 0 aromatic heterocycles. The van der Waals surface area contributed by atoms with Crippen molar-refractivity contribution in [3.63, 3.8) is 0 Å². The number of nitriles is 1. The lowest BCUT2D eigenvalue weighted by Gasteiger charge is -2.38. The molecule has 1 heterocycles. The maximum atomic E-state index is 12.2. The van der Waals surface area contributed by atoms with E-state index in [4.69, 9.17) is 14.7 Å². The summed E-state index contributed by atoms with van der Waals surface area (Å²) in [7, 11) is 1.30. The molecule has 0 saturated carbocycles. The van der Waals surface area contributed by atoms with Gasteiger partial charge in [-0.2, -0.15) is 5.26 Å². The van der Waals surface area contributed by atoms with Crippen LogP contribution >= 0.6 is 0 Å². The molecule has 23 heavy (non-hydrogen) atoms. The van der Waals surface area contributed by atoms with E-state index in [9.17, 15) is 9.59 Å². The van der Waals surface area contributed by atoms with E-state index in [1.807, 2.05) is 36.4 Å². The molecule has 1 fully saturated rings. The lowest BCUT2D eigenvalue weighted by molar-refractivity contribution is -0.155.